The van der Waals surface area contributed by atoms with Gasteiger partial charge in [-0.3, -0.25) is 19.4 Å². The number of aromatic nitrogens is 1. The Balaban J connectivity index is 0.000000645. The molecule has 4 atom stereocenters. The Kier molecular flexibility index (Phi) is 20.2. The van der Waals surface area contributed by atoms with Crippen molar-refractivity contribution in [1.82, 2.24) is 4.98 Å². The number of allylic oxidation sites excluding steroid dienone is 2. The second kappa shape index (κ2) is 22.0. The maximum atomic E-state index is 11.4. The Hall–Kier alpha value is -4.26. The number of ketones is 1. The Bertz CT molecular complexity index is 1280. The van der Waals surface area contributed by atoms with Crippen LogP contribution in [0.15, 0.2) is 49.8 Å². The zero-order chi connectivity index (χ0) is 40.3. The van der Waals surface area contributed by atoms with Crippen molar-refractivity contribution in [2.75, 3.05) is 46.4 Å². The first-order valence-electron chi connectivity index (χ1n) is 17.2. The fourth-order valence-electron chi connectivity index (χ4n) is 4.77. The summed E-state index contributed by atoms with van der Waals surface area (Å²) in [4.78, 5) is 61.3. The average Bonchev–Trinajstić information content (AvgIpc) is 3.82. The molecule has 52 heavy (non-hydrogen) atoms. The fraction of sp³-hybridized carbons (Fsp3) is 0.641. The van der Waals surface area contributed by atoms with Crippen molar-refractivity contribution >= 4 is 35.7 Å². The number of carbonyl (C=O) groups is 5. The van der Waals surface area contributed by atoms with Gasteiger partial charge in [-0.05, 0) is 105 Å². The lowest BCUT2D eigenvalue weighted by Crippen LogP contribution is -2.29. The molecule has 294 valence electrons. The topological polar surface area (TPSA) is 157 Å². The number of anilines is 1. The zero-order valence-corrected chi connectivity index (χ0v) is 33.4. The maximum Gasteiger partial charge on any atom is 0.519 e. The van der Waals surface area contributed by atoms with E-state index in [1.807, 2.05) is 44.1 Å². The van der Waals surface area contributed by atoms with E-state index >= 15 is 0 Å². The minimum atomic E-state index is -1.06. The summed E-state index contributed by atoms with van der Waals surface area (Å²) >= 11 is 0. The van der Waals surface area contributed by atoms with Crippen LogP contribution in [0.25, 0.3) is 0 Å². The van der Waals surface area contributed by atoms with Crippen molar-refractivity contribution in [1.29, 1.82) is 0 Å². The standard InChI is InChI=1S/C10H18O5.C10H14O3.C8H12O2.C7H10N2.C4H8O/c1-9(2,3)14-7(11)13-8(12)15-10(4,5)6;1-4-8-6-10(8,5-7(2)11)9(12)13-3;1-4-6-5-8(6,2)7(9)10-3;1-9(2)7-3-5-8-6-4-7;1-2-4-5-3-1/h1-6H3;4,8H,1,5-6H2,2-3H3;4,6H,1,5H2,2-3H3;3-6H,1-2H3;1-4H2/t;8-,10+;6-,8+;;/m.00../s1. The number of esters is 2. The van der Waals surface area contributed by atoms with Crippen molar-refractivity contribution in [3.8, 4) is 0 Å². The van der Waals surface area contributed by atoms with Crippen molar-refractivity contribution in [3.05, 3.63) is 49.8 Å². The van der Waals surface area contributed by atoms with Crippen molar-refractivity contribution in [3.63, 3.8) is 0 Å². The number of Topliss-reactive ketones (excluding diaryl/α,β-unsaturated/α-hetero) is 1. The van der Waals surface area contributed by atoms with Gasteiger partial charge in [0.15, 0.2) is 0 Å². The first-order valence-corrected chi connectivity index (χ1v) is 17.2. The summed E-state index contributed by atoms with van der Waals surface area (Å²) in [5.74, 6) is 0.0727. The van der Waals surface area contributed by atoms with Crippen molar-refractivity contribution in [2.45, 2.75) is 98.7 Å². The molecule has 3 aliphatic rings. The van der Waals surface area contributed by atoms with Crippen molar-refractivity contribution < 1.29 is 52.4 Å². The van der Waals surface area contributed by atoms with E-state index in [0.717, 1.165) is 19.6 Å². The summed E-state index contributed by atoms with van der Waals surface area (Å²) in [6.07, 6.45) is 9.41. The molecule has 2 aliphatic carbocycles. The van der Waals surface area contributed by atoms with E-state index in [2.05, 4.69) is 32.4 Å². The predicted octanol–water partition coefficient (Wildman–Crippen LogP) is 7.52. The van der Waals surface area contributed by atoms with Gasteiger partial charge in [0, 0.05) is 51.8 Å². The van der Waals surface area contributed by atoms with Gasteiger partial charge in [0.1, 0.15) is 17.0 Å². The van der Waals surface area contributed by atoms with Crippen molar-refractivity contribution in [2.24, 2.45) is 22.7 Å². The molecule has 1 saturated heterocycles. The summed E-state index contributed by atoms with van der Waals surface area (Å²) in [5, 5.41) is 0. The molecule has 2 saturated carbocycles. The van der Waals surface area contributed by atoms with E-state index in [0.29, 0.717) is 12.3 Å². The van der Waals surface area contributed by atoms with Crippen LogP contribution in [0.3, 0.4) is 0 Å². The average molecular weight is 735 g/mol. The molecule has 0 N–H and O–H groups in total. The Morgan fingerprint density at radius 3 is 1.58 bits per heavy atom. The van der Waals surface area contributed by atoms with Crippen LogP contribution in [0, 0.1) is 22.7 Å². The molecule has 0 bridgehead atoms. The summed E-state index contributed by atoms with van der Waals surface area (Å²) in [7, 11) is 6.79. The molecule has 3 fully saturated rings. The predicted molar refractivity (Wildman–Crippen MR) is 199 cm³/mol. The highest BCUT2D eigenvalue weighted by Gasteiger charge is 2.59. The van der Waals surface area contributed by atoms with E-state index < -0.39 is 28.9 Å². The third kappa shape index (κ3) is 18.8. The molecular weight excluding hydrogens is 672 g/mol. The molecule has 4 rings (SSSR count). The molecule has 1 aromatic rings. The minimum Gasteiger partial charge on any atom is -0.469 e. The van der Waals surface area contributed by atoms with Gasteiger partial charge in [-0.1, -0.05) is 12.2 Å². The largest absolute Gasteiger partial charge is 0.519 e. The molecule has 0 unspecified atom stereocenters. The highest BCUT2D eigenvalue weighted by molar-refractivity contribution is 5.88. The number of methoxy groups -OCH3 is 2. The van der Waals surface area contributed by atoms with E-state index in [9.17, 15) is 24.0 Å². The normalized spacial score (nSPS) is 22.1. The zero-order valence-electron chi connectivity index (χ0n) is 33.4. The molecule has 0 aromatic carbocycles. The van der Waals surface area contributed by atoms with Crippen LogP contribution in [-0.2, 0) is 42.8 Å². The van der Waals surface area contributed by atoms with Crippen LogP contribution in [0.4, 0.5) is 15.3 Å². The highest BCUT2D eigenvalue weighted by atomic mass is 16.8. The number of ether oxygens (including phenoxy) is 6. The molecule has 0 spiro atoms. The Morgan fingerprint density at radius 1 is 0.846 bits per heavy atom. The number of rotatable bonds is 7. The van der Waals surface area contributed by atoms with E-state index in [4.69, 9.17) is 14.2 Å². The Morgan fingerprint density at radius 2 is 1.31 bits per heavy atom. The molecule has 13 nitrogen and oxygen atoms in total. The van der Waals surface area contributed by atoms with Gasteiger partial charge in [0.05, 0.1) is 25.0 Å². The quantitative estimate of drug-likeness (QED) is 0.117. The van der Waals surface area contributed by atoms with Crippen LogP contribution in [0.1, 0.15) is 87.5 Å². The summed E-state index contributed by atoms with van der Waals surface area (Å²) in [6, 6.07) is 3.94. The number of pyridine rings is 1. The SMILES string of the molecule is C1CCOC1.C=C[C@H]1C[C@@]1(C)C(=O)OC.C=C[C@H]1C[C@@]1(CC(C)=O)C(=O)OC.CC(C)(C)OC(=O)OC(=O)OC(C)(C)C.CN(C)c1ccncc1. The first kappa shape index (κ1) is 47.7. The summed E-state index contributed by atoms with van der Waals surface area (Å²) in [6.45, 7) is 22.7. The van der Waals surface area contributed by atoms with Gasteiger partial charge in [-0.15, -0.1) is 13.2 Å². The Labute approximate surface area is 310 Å². The lowest BCUT2D eigenvalue weighted by Gasteiger charge is -2.20. The third-order valence-electron chi connectivity index (χ3n) is 7.77. The molecule has 0 radical (unpaired) electrons. The van der Waals surface area contributed by atoms with Crippen LogP contribution >= 0.6 is 0 Å². The minimum absolute atomic E-state index is 0.0229. The van der Waals surface area contributed by atoms with Crippen LogP contribution < -0.4 is 4.90 Å². The summed E-state index contributed by atoms with van der Waals surface area (Å²) in [5.41, 5.74) is -1.04. The lowest BCUT2D eigenvalue weighted by atomic mass is 9.97. The van der Waals surface area contributed by atoms with Crippen LogP contribution in [0.5, 0.6) is 0 Å². The lowest BCUT2D eigenvalue weighted by molar-refractivity contribution is -0.149. The number of nitrogens with zero attached hydrogens (tertiary/aromatic N) is 2. The van der Waals surface area contributed by atoms with Gasteiger partial charge < -0.3 is 33.3 Å². The first-order chi connectivity index (χ1) is 24.0. The monoisotopic (exact) mass is 734 g/mol. The van der Waals surface area contributed by atoms with E-state index in [1.165, 1.54) is 39.7 Å². The van der Waals surface area contributed by atoms with Gasteiger partial charge in [0.25, 0.3) is 0 Å². The van der Waals surface area contributed by atoms with Crippen LogP contribution in [-0.4, -0.2) is 87.7 Å². The molecule has 0 amide bonds. The number of hydrogen-bond donors (Lipinski definition) is 0. The second-order valence-electron chi connectivity index (χ2n) is 15.0. The second-order valence-corrected chi connectivity index (χ2v) is 15.0. The number of hydrogen-bond acceptors (Lipinski definition) is 13. The molecule has 2 heterocycles. The number of carbonyl (C=O) groups excluding carboxylic acids is 5. The molecule has 1 aromatic heterocycles. The fourth-order valence-corrected chi connectivity index (χ4v) is 4.77. The third-order valence-corrected chi connectivity index (χ3v) is 7.77. The maximum absolute atomic E-state index is 11.4. The molecular formula is C39H62N2O11. The van der Waals surface area contributed by atoms with Gasteiger partial charge in [-0.2, -0.15) is 0 Å². The molecule has 1 aliphatic heterocycles. The molecule has 13 heteroatoms. The van der Waals surface area contributed by atoms with Crippen LogP contribution in [0.2, 0.25) is 0 Å². The van der Waals surface area contributed by atoms with E-state index in [-0.39, 0.29) is 35.5 Å². The van der Waals surface area contributed by atoms with E-state index in [1.54, 1.807) is 60.0 Å². The smallest absolute Gasteiger partial charge is 0.469 e. The summed E-state index contributed by atoms with van der Waals surface area (Å²) < 4.78 is 28.0. The highest BCUT2D eigenvalue weighted by Crippen LogP contribution is 2.56. The van der Waals surface area contributed by atoms with Gasteiger partial charge in [-0.25, -0.2) is 9.59 Å². The van der Waals surface area contributed by atoms with Gasteiger partial charge in [0.2, 0.25) is 0 Å². The van der Waals surface area contributed by atoms with Gasteiger partial charge >= 0.3 is 24.2 Å².